The Morgan fingerprint density at radius 3 is 2.50 bits per heavy atom. The fraction of sp³-hybridized carbons (Fsp3) is 0.300. The second-order valence-corrected chi connectivity index (χ2v) is 6.42. The Balaban J connectivity index is 1.84. The molecule has 2 rings (SSSR count). The van der Waals surface area contributed by atoms with Crippen LogP contribution < -0.4 is 10.6 Å². The molecule has 0 radical (unpaired) electrons. The molecule has 0 saturated heterocycles. The third kappa shape index (κ3) is 5.86. The lowest BCUT2D eigenvalue weighted by atomic mass is 10.1. The van der Waals surface area contributed by atoms with Crippen molar-refractivity contribution in [2.45, 2.75) is 26.3 Å². The zero-order chi connectivity index (χ0) is 18.9. The van der Waals surface area contributed by atoms with E-state index in [2.05, 4.69) is 5.32 Å². The molecule has 5 nitrogen and oxygen atoms in total. The Labute approximate surface area is 158 Å². The Bertz CT molecular complexity index is 747. The number of rotatable bonds is 8. The molecular formula is C20H24ClN2O3+. The van der Waals surface area contributed by atoms with Crippen molar-refractivity contribution >= 4 is 29.2 Å². The van der Waals surface area contributed by atoms with Crippen LogP contribution in [0.25, 0.3) is 0 Å². The number of anilines is 1. The van der Waals surface area contributed by atoms with Crippen molar-refractivity contribution in [2.75, 3.05) is 18.5 Å². The van der Waals surface area contributed by atoms with Crippen molar-refractivity contribution < 1.29 is 19.6 Å². The molecule has 2 aromatic carbocycles. The van der Waals surface area contributed by atoms with Gasteiger partial charge in [-0.25, -0.2) is 4.79 Å². The number of nitrogens with one attached hydrogen (secondary N) is 1. The van der Waals surface area contributed by atoms with Crippen molar-refractivity contribution in [3.8, 4) is 0 Å². The number of nitrogens with two attached hydrogens (primary N) is 1. The highest BCUT2D eigenvalue weighted by atomic mass is 35.5. The number of carbonyl (C=O) groups is 2. The van der Waals surface area contributed by atoms with Crippen LogP contribution in [0.1, 0.15) is 42.2 Å². The molecule has 0 fully saturated rings. The summed E-state index contributed by atoms with van der Waals surface area (Å²) in [5.41, 5.74) is 2.10. The lowest BCUT2D eigenvalue weighted by Gasteiger charge is -2.12. The van der Waals surface area contributed by atoms with E-state index in [1.807, 2.05) is 43.4 Å². The van der Waals surface area contributed by atoms with Crippen molar-refractivity contribution in [3.05, 3.63) is 64.7 Å². The van der Waals surface area contributed by atoms with E-state index in [0.717, 1.165) is 12.0 Å². The van der Waals surface area contributed by atoms with Crippen LogP contribution >= 0.6 is 11.6 Å². The molecular weight excluding hydrogens is 352 g/mol. The van der Waals surface area contributed by atoms with Crippen LogP contribution in [-0.2, 0) is 9.53 Å². The number of ether oxygens (including phenoxy) is 1. The quantitative estimate of drug-likeness (QED) is 0.696. The summed E-state index contributed by atoms with van der Waals surface area (Å²) in [6.45, 7) is 4.62. The summed E-state index contributed by atoms with van der Waals surface area (Å²) in [7, 11) is 0. The van der Waals surface area contributed by atoms with Crippen LogP contribution in [-0.4, -0.2) is 25.0 Å². The average Bonchev–Trinajstić information content (AvgIpc) is 2.65. The van der Waals surface area contributed by atoms with Crippen LogP contribution in [0.3, 0.4) is 0 Å². The van der Waals surface area contributed by atoms with Crippen LogP contribution in [0.4, 0.5) is 5.69 Å². The maximum Gasteiger partial charge on any atom is 0.338 e. The zero-order valence-electron chi connectivity index (χ0n) is 15.0. The fourth-order valence-corrected chi connectivity index (χ4v) is 2.74. The van der Waals surface area contributed by atoms with Gasteiger partial charge >= 0.3 is 5.97 Å². The van der Waals surface area contributed by atoms with Crippen molar-refractivity contribution in [3.63, 3.8) is 0 Å². The highest BCUT2D eigenvalue weighted by Crippen LogP contribution is 2.19. The van der Waals surface area contributed by atoms with E-state index in [0.29, 0.717) is 22.9 Å². The molecule has 0 unspecified atom stereocenters. The van der Waals surface area contributed by atoms with Crippen LogP contribution in [0.5, 0.6) is 0 Å². The highest BCUT2D eigenvalue weighted by molar-refractivity contribution is 6.31. The predicted octanol–water partition coefficient (Wildman–Crippen LogP) is 3.17. The largest absolute Gasteiger partial charge is 0.462 e. The number of carbonyl (C=O) groups excluding carboxylic acids is 2. The second-order valence-electron chi connectivity index (χ2n) is 6.01. The first kappa shape index (κ1) is 19.9. The standard InChI is InChI=1S/C20H23ClN2O3/c1-3-12-26-20(25)15-8-10-16(11-9-15)23-19(24)13-22-14(2)17-6-4-5-7-18(17)21/h4-11,14,22H,3,12-13H2,1-2H3,(H,23,24)/p+1/t14-/m0/s1. The number of quaternary nitrogens is 1. The van der Waals surface area contributed by atoms with Gasteiger partial charge in [-0.2, -0.15) is 0 Å². The zero-order valence-corrected chi connectivity index (χ0v) is 15.8. The third-order valence-electron chi connectivity index (χ3n) is 3.89. The number of esters is 1. The molecule has 138 valence electrons. The van der Waals surface area contributed by atoms with Crippen LogP contribution in [0.2, 0.25) is 5.02 Å². The molecule has 6 heteroatoms. The first-order chi connectivity index (χ1) is 12.5. The number of benzene rings is 2. The van der Waals surface area contributed by atoms with Gasteiger partial charge in [0.05, 0.1) is 12.2 Å². The molecule has 26 heavy (non-hydrogen) atoms. The molecule has 0 spiro atoms. The van der Waals surface area contributed by atoms with E-state index < -0.39 is 0 Å². The predicted molar refractivity (Wildman–Crippen MR) is 102 cm³/mol. The van der Waals surface area contributed by atoms with E-state index in [9.17, 15) is 9.59 Å². The maximum atomic E-state index is 12.1. The molecule has 0 aliphatic rings. The van der Waals surface area contributed by atoms with Gasteiger partial charge in [-0.05, 0) is 43.7 Å². The normalized spacial score (nSPS) is 11.7. The van der Waals surface area contributed by atoms with Gasteiger partial charge in [0.2, 0.25) is 0 Å². The summed E-state index contributed by atoms with van der Waals surface area (Å²) in [5.74, 6) is -0.475. The molecule has 0 saturated carbocycles. The minimum Gasteiger partial charge on any atom is -0.462 e. The van der Waals surface area contributed by atoms with Crippen molar-refractivity contribution in [1.29, 1.82) is 0 Å². The SMILES string of the molecule is CCCOC(=O)c1ccc(NC(=O)C[NH2+][C@@H](C)c2ccccc2Cl)cc1. The summed E-state index contributed by atoms with van der Waals surface area (Å²) in [6.07, 6.45) is 0.781. The molecule has 0 bridgehead atoms. The second kappa shape index (κ2) is 9.94. The first-order valence-electron chi connectivity index (χ1n) is 8.66. The van der Waals surface area contributed by atoms with Gasteiger partial charge in [0.25, 0.3) is 5.91 Å². The molecule has 3 N–H and O–H groups in total. The third-order valence-corrected chi connectivity index (χ3v) is 4.24. The number of amides is 1. The molecule has 2 aromatic rings. The molecule has 1 atom stereocenters. The monoisotopic (exact) mass is 375 g/mol. The topological polar surface area (TPSA) is 72.0 Å². The van der Waals surface area contributed by atoms with Gasteiger partial charge in [-0.1, -0.05) is 36.7 Å². The summed E-state index contributed by atoms with van der Waals surface area (Å²) in [6, 6.07) is 14.4. The smallest absolute Gasteiger partial charge is 0.338 e. The fourth-order valence-electron chi connectivity index (χ4n) is 2.43. The Morgan fingerprint density at radius 2 is 1.85 bits per heavy atom. The Morgan fingerprint density at radius 1 is 1.15 bits per heavy atom. The minimum absolute atomic E-state index is 0.0742. The van der Waals surface area contributed by atoms with Crippen LogP contribution in [0.15, 0.2) is 48.5 Å². The maximum absolute atomic E-state index is 12.1. The number of hydrogen-bond acceptors (Lipinski definition) is 3. The van der Waals surface area contributed by atoms with Crippen molar-refractivity contribution in [2.24, 2.45) is 0 Å². The lowest BCUT2D eigenvalue weighted by molar-refractivity contribution is -0.682. The molecule has 0 aliphatic heterocycles. The first-order valence-corrected chi connectivity index (χ1v) is 9.03. The highest BCUT2D eigenvalue weighted by Gasteiger charge is 2.14. The summed E-state index contributed by atoms with van der Waals surface area (Å²) < 4.78 is 5.07. The van der Waals surface area contributed by atoms with Gasteiger partial charge < -0.3 is 15.4 Å². The van der Waals surface area contributed by atoms with E-state index in [1.165, 1.54) is 0 Å². The Hall–Kier alpha value is -2.37. The van der Waals surface area contributed by atoms with E-state index >= 15 is 0 Å². The van der Waals surface area contributed by atoms with E-state index in [1.54, 1.807) is 24.3 Å². The number of hydrogen-bond donors (Lipinski definition) is 2. The van der Waals surface area contributed by atoms with E-state index in [4.69, 9.17) is 16.3 Å². The molecule has 1 amide bonds. The van der Waals surface area contributed by atoms with Gasteiger partial charge in [-0.3, -0.25) is 4.79 Å². The summed E-state index contributed by atoms with van der Waals surface area (Å²) in [5, 5.41) is 5.44. The lowest BCUT2D eigenvalue weighted by Crippen LogP contribution is -2.86. The van der Waals surface area contributed by atoms with Gasteiger partial charge in [-0.15, -0.1) is 0 Å². The van der Waals surface area contributed by atoms with E-state index in [-0.39, 0.29) is 24.5 Å². The van der Waals surface area contributed by atoms with Crippen LogP contribution in [0, 0.1) is 0 Å². The molecule has 0 heterocycles. The van der Waals surface area contributed by atoms with Crippen molar-refractivity contribution in [1.82, 2.24) is 0 Å². The minimum atomic E-state index is -0.355. The van der Waals surface area contributed by atoms with Gasteiger partial charge in [0.1, 0.15) is 6.04 Å². The summed E-state index contributed by atoms with van der Waals surface area (Å²) >= 11 is 6.18. The molecule has 0 aromatic heterocycles. The molecule has 0 aliphatic carbocycles. The Kier molecular flexibility index (Phi) is 7.63. The van der Waals surface area contributed by atoms with Gasteiger partial charge in [0.15, 0.2) is 6.54 Å². The van der Waals surface area contributed by atoms with Gasteiger partial charge in [0, 0.05) is 16.3 Å². The summed E-state index contributed by atoms with van der Waals surface area (Å²) in [4.78, 5) is 23.9. The average molecular weight is 376 g/mol. The number of halogens is 1.